The van der Waals surface area contributed by atoms with Crippen molar-refractivity contribution in [3.63, 3.8) is 0 Å². The van der Waals surface area contributed by atoms with E-state index in [1.807, 2.05) is 0 Å². The molecule has 6 heteroatoms. The number of ether oxygens (including phenoxy) is 2. The molecule has 0 bridgehead atoms. The van der Waals surface area contributed by atoms with Crippen molar-refractivity contribution in [2.45, 2.75) is 39.2 Å². The third-order valence-electron chi connectivity index (χ3n) is 5.08. The Hall–Kier alpha value is -2.24. The maximum absolute atomic E-state index is 12.3. The van der Waals surface area contributed by atoms with Crippen molar-refractivity contribution in [3.8, 4) is 11.5 Å². The summed E-state index contributed by atoms with van der Waals surface area (Å²) in [7, 11) is 3.05. The number of methoxy groups -OCH3 is 2. The van der Waals surface area contributed by atoms with Crippen LogP contribution in [0.2, 0.25) is 0 Å². The normalized spacial score (nSPS) is 22.8. The van der Waals surface area contributed by atoms with E-state index >= 15 is 0 Å². The number of nitrogens with one attached hydrogen (secondary N) is 2. The molecule has 2 N–H and O–H groups in total. The molecule has 0 heterocycles. The molecule has 0 aromatic heterocycles. The number of benzene rings is 1. The molecule has 0 aliphatic heterocycles. The average Bonchev–Trinajstić information content (AvgIpc) is 2.63. The summed E-state index contributed by atoms with van der Waals surface area (Å²) in [6.45, 7) is 4.35. The zero-order valence-electron chi connectivity index (χ0n) is 15.4. The van der Waals surface area contributed by atoms with Crippen molar-refractivity contribution in [3.05, 3.63) is 23.8 Å². The molecule has 1 aliphatic carbocycles. The Bertz CT molecular complexity index is 595. The molecule has 25 heavy (non-hydrogen) atoms. The van der Waals surface area contributed by atoms with Gasteiger partial charge in [-0.1, -0.05) is 26.7 Å². The van der Waals surface area contributed by atoms with Crippen LogP contribution in [0.5, 0.6) is 11.5 Å². The van der Waals surface area contributed by atoms with E-state index in [4.69, 9.17) is 9.47 Å². The smallest absolute Gasteiger partial charge is 0.251 e. The van der Waals surface area contributed by atoms with Gasteiger partial charge in [-0.25, -0.2) is 0 Å². The summed E-state index contributed by atoms with van der Waals surface area (Å²) in [5.74, 6) is 1.62. The van der Waals surface area contributed by atoms with E-state index in [1.165, 1.54) is 20.6 Å². The number of rotatable bonds is 6. The van der Waals surface area contributed by atoms with Crippen LogP contribution in [0.15, 0.2) is 18.2 Å². The molecule has 1 aromatic carbocycles. The summed E-state index contributed by atoms with van der Waals surface area (Å²) < 4.78 is 10.3. The Morgan fingerprint density at radius 2 is 1.72 bits per heavy atom. The summed E-state index contributed by atoms with van der Waals surface area (Å²) in [4.78, 5) is 24.5. The fraction of sp³-hybridized carbons (Fsp3) is 0.579. The van der Waals surface area contributed by atoms with E-state index < -0.39 is 0 Å². The zero-order valence-corrected chi connectivity index (χ0v) is 15.4. The lowest BCUT2D eigenvalue weighted by atomic mass is 9.78. The SMILES string of the molecule is COc1cc(OC)cc(C(=O)NCC(=O)N[C@@H]2CCC[C@H](C)[C@@H]2C)c1. The molecule has 6 nitrogen and oxygen atoms in total. The summed E-state index contributed by atoms with van der Waals surface area (Å²) in [5.41, 5.74) is 0.392. The first-order valence-electron chi connectivity index (χ1n) is 8.75. The Balaban J connectivity index is 1.90. The summed E-state index contributed by atoms with van der Waals surface area (Å²) in [6.07, 6.45) is 3.34. The number of hydrogen-bond acceptors (Lipinski definition) is 4. The van der Waals surface area contributed by atoms with E-state index in [1.54, 1.807) is 18.2 Å². The van der Waals surface area contributed by atoms with Crippen LogP contribution in [0, 0.1) is 11.8 Å². The van der Waals surface area contributed by atoms with Crippen molar-refractivity contribution in [2.75, 3.05) is 20.8 Å². The first-order chi connectivity index (χ1) is 11.9. The maximum atomic E-state index is 12.3. The lowest BCUT2D eigenvalue weighted by Gasteiger charge is -2.34. The van der Waals surface area contributed by atoms with Crippen molar-refractivity contribution >= 4 is 11.8 Å². The molecule has 1 aliphatic rings. The summed E-state index contributed by atoms with van der Waals surface area (Å²) in [5, 5.41) is 5.70. The highest BCUT2D eigenvalue weighted by Gasteiger charge is 2.28. The highest BCUT2D eigenvalue weighted by Crippen LogP contribution is 2.29. The Morgan fingerprint density at radius 1 is 1.08 bits per heavy atom. The van der Waals surface area contributed by atoms with Crippen LogP contribution in [0.25, 0.3) is 0 Å². The molecule has 3 atom stereocenters. The van der Waals surface area contributed by atoms with Crippen molar-refractivity contribution in [1.29, 1.82) is 0 Å². The quantitative estimate of drug-likeness (QED) is 0.827. The maximum Gasteiger partial charge on any atom is 0.251 e. The Labute approximate surface area is 149 Å². The molecule has 2 rings (SSSR count). The van der Waals surface area contributed by atoms with Gasteiger partial charge in [0.25, 0.3) is 5.91 Å². The molecule has 138 valence electrons. The number of amides is 2. The minimum atomic E-state index is -0.336. The van der Waals surface area contributed by atoms with Gasteiger partial charge in [-0.15, -0.1) is 0 Å². The fourth-order valence-electron chi connectivity index (χ4n) is 3.24. The summed E-state index contributed by atoms with van der Waals surface area (Å²) in [6, 6.07) is 5.10. The third kappa shape index (κ3) is 5.11. The first kappa shape index (κ1) is 19.1. The first-order valence-corrected chi connectivity index (χ1v) is 8.75. The highest BCUT2D eigenvalue weighted by atomic mass is 16.5. The third-order valence-corrected chi connectivity index (χ3v) is 5.08. The largest absolute Gasteiger partial charge is 0.497 e. The van der Waals surface area contributed by atoms with Crippen LogP contribution in [-0.2, 0) is 4.79 Å². The number of hydrogen-bond donors (Lipinski definition) is 2. The predicted molar refractivity (Wildman–Crippen MR) is 96.0 cm³/mol. The second-order valence-electron chi connectivity index (χ2n) is 6.73. The van der Waals surface area contributed by atoms with E-state index in [0.29, 0.717) is 28.9 Å². The van der Waals surface area contributed by atoms with Gasteiger partial charge in [-0.2, -0.15) is 0 Å². The van der Waals surface area contributed by atoms with Crippen LogP contribution < -0.4 is 20.1 Å². The molecule has 0 unspecified atom stereocenters. The molecule has 1 saturated carbocycles. The van der Waals surface area contributed by atoms with Crippen molar-refractivity contribution in [1.82, 2.24) is 10.6 Å². The van der Waals surface area contributed by atoms with Crippen molar-refractivity contribution in [2.24, 2.45) is 11.8 Å². The van der Waals surface area contributed by atoms with Crippen LogP contribution in [-0.4, -0.2) is 38.6 Å². The molecular weight excluding hydrogens is 320 g/mol. The summed E-state index contributed by atoms with van der Waals surface area (Å²) >= 11 is 0. The van der Waals surface area contributed by atoms with Gasteiger partial charge >= 0.3 is 0 Å². The van der Waals surface area contributed by atoms with Gasteiger partial charge in [0.1, 0.15) is 11.5 Å². The van der Waals surface area contributed by atoms with Crippen LogP contribution in [0.3, 0.4) is 0 Å². The van der Waals surface area contributed by atoms with Crippen LogP contribution in [0.4, 0.5) is 0 Å². The second-order valence-corrected chi connectivity index (χ2v) is 6.73. The molecule has 0 saturated heterocycles. The van der Waals surface area contributed by atoms with Gasteiger partial charge < -0.3 is 20.1 Å². The minimum absolute atomic E-state index is 0.0457. The van der Waals surface area contributed by atoms with Gasteiger partial charge in [0.05, 0.1) is 20.8 Å². The van der Waals surface area contributed by atoms with E-state index in [9.17, 15) is 9.59 Å². The lowest BCUT2D eigenvalue weighted by Crippen LogP contribution is -2.47. The van der Waals surface area contributed by atoms with Gasteiger partial charge in [-0.05, 0) is 30.4 Å². The van der Waals surface area contributed by atoms with Gasteiger partial charge in [0.15, 0.2) is 0 Å². The lowest BCUT2D eigenvalue weighted by molar-refractivity contribution is -0.121. The molecule has 1 aromatic rings. The Kier molecular flexibility index (Phi) is 6.67. The molecule has 0 radical (unpaired) electrons. The predicted octanol–water partition coefficient (Wildman–Crippen LogP) is 2.37. The van der Waals surface area contributed by atoms with E-state index in [2.05, 4.69) is 24.5 Å². The fourth-order valence-corrected chi connectivity index (χ4v) is 3.24. The number of carbonyl (C=O) groups excluding carboxylic acids is 2. The van der Waals surface area contributed by atoms with Gasteiger partial charge in [-0.3, -0.25) is 9.59 Å². The average molecular weight is 348 g/mol. The van der Waals surface area contributed by atoms with Crippen LogP contribution in [0.1, 0.15) is 43.5 Å². The topological polar surface area (TPSA) is 76.7 Å². The van der Waals surface area contributed by atoms with Crippen LogP contribution >= 0.6 is 0 Å². The zero-order chi connectivity index (χ0) is 18.4. The Morgan fingerprint density at radius 3 is 2.32 bits per heavy atom. The molecular formula is C19H28N2O4. The van der Waals surface area contributed by atoms with Crippen molar-refractivity contribution < 1.29 is 19.1 Å². The monoisotopic (exact) mass is 348 g/mol. The van der Waals surface area contributed by atoms with Gasteiger partial charge in [0.2, 0.25) is 5.91 Å². The van der Waals surface area contributed by atoms with E-state index in [0.717, 1.165) is 12.8 Å². The number of carbonyl (C=O) groups is 2. The molecule has 0 spiro atoms. The molecule has 2 amide bonds. The minimum Gasteiger partial charge on any atom is -0.497 e. The second kappa shape index (κ2) is 8.74. The van der Waals surface area contributed by atoms with Gasteiger partial charge in [0, 0.05) is 17.7 Å². The highest BCUT2D eigenvalue weighted by molar-refractivity contribution is 5.97. The standard InChI is InChI=1S/C19H28N2O4/c1-12-6-5-7-17(13(12)2)21-18(22)11-20-19(23)14-8-15(24-3)10-16(9-14)25-4/h8-10,12-13,17H,5-7,11H2,1-4H3,(H,20,23)(H,21,22)/t12-,13-,17+/m0/s1. The van der Waals surface area contributed by atoms with E-state index in [-0.39, 0.29) is 24.4 Å². The molecule has 1 fully saturated rings.